The molecule has 6 nitrogen and oxygen atoms in total. The largest absolute Gasteiger partial charge is 0.497 e. The fourth-order valence-corrected chi connectivity index (χ4v) is 5.30. The van der Waals surface area contributed by atoms with Gasteiger partial charge < -0.3 is 20.1 Å². The first-order chi connectivity index (χ1) is 15.3. The van der Waals surface area contributed by atoms with E-state index in [1.54, 1.807) is 24.1 Å². The minimum Gasteiger partial charge on any atom is -0.497 e. The molecule has 1 aliphatic heterocycles. The lowest BCUT2D eigenvalue weighted by Gasteiger charge is -2.35. The van der Waals surface area contributed by atoms with Gasteiger partial charge in [-0.2, -0.15) is 0 Å². The Kier molecular flexibility index (Phi) is 6.45. The summed E-state index contributed by atoms with van der Waals surface area (Å²) in [6.07, 6.45) is 2.82. The molecule has 1 saturated carbocycles. The van der Waals surface area contributed by atoms with Crippen molar-refractivity contribution >= 4 is 29.1 Å². The van der Waals surface area contributed by atoms with E-state index in [4.69, 9.17) is 16.3 Å². The average molecular weight is 457 g/mol. The third-order valence-electron chi connectivity index (χ3n) is 6.73. The van der Waals surface area contributed by atoms with Crippen LogP contribution in [0.5, 0.6) is 5.75 Å². The van der Waals surface area contributed by atoms with Crippen LogP contribution in [0.25, 0.3) is 0 Å². The van der Waals surface area contributed by atoms with Crippen LogP contribution in [0, 0.1) is 6.92 Å². The molecule has 0 radical (unpaired) electrons. The Morgan fingerprint density at radius 1 is 1.16 bits per heavy atom. The number of halogens is 1. The monoisotopic (exact) mass is 456 g/mol. The minimum atomic E-state index is -0.745. The number of ether oxygens (including phenoxy) is 1. The molecule has 2 atom stereocenters. The van der Waals surface area contributed by atoms with Crippen molar-refractivity contribution in [1.82, 2.24) is 4.90 Å². The lowest BCUT2D eigenvalue weighted by Crippen LogP contribution is -2.51. The highest BCUT2D eigenvalue weighted by Gasteiger charge is 2.50. The Morgan fingerprint density at radius 3 is 2.47 bits per heavy atom. The number of anilines is 1. The van der Waals surface area contributed by atoms with Gasteiger partial charge in [0.2, 0.25) is 11.8 Å². The lowest BCUT2D eigenvalue weighted by molar-refractivity contribution is -0.141. The lowest BCUT2D eigenvalue weighted by atomic mass is 9.77. The molecule has 7 heteroatoms. The van der Waals surface area contributed by atoms with Crippen LogP contribution in [-0.4, -0.2) is 47.6 Å². The maximum absolute atomic E-state index is 13.9. The van der Waals surface area contributed by atoms with Crippen LogP contribution in [0.1, 0.15) is 43.2 Å². The number of rotatable bonds is 5. The summed E-state index contributed by atoms with van der Waals surface area (Å²) < 4.78 is 5.27. The van der Waals surface area contributed by atoms with Gasteiger partial charge in [-0.3, -0.25) is 9.59 Å². The number of nitrogens with one attached hydrogen (secondary N) is 1. The SMILES string of the molecule is COc1ccc(C2(C(=O)N3C[C@@H](O)C[C@@H]3C(=O)Nc3ccc(C)cc3Cl)CCCC2)cc1. The number of aliphatic hydroxyl groups is 1. The van der Waals surface area contributed by atoms with Gasteiger partial charge in [0, 0.05) is 13.0 Å². The number of β-amino-alcohol motifs (C(OH)–C–C–N with tert-alkyl or cyclic N) is 1. The van der Waals surface area contributed by atoms with Gasteiger partial charge in [0.15, 0.2) is 0 Å². The minimum absolute atomic E-state index is 0.0909. The van der Waals surface area contributed by atoms with Gasteiger partial charge in [-0.05, 0) is 55.2 Å². The summed E-state index contributed by atoms with van der Waals surface area (Å²) in [5.74, 6) is 0.313. The number of carbonyl (C=O) groups excluding carboxylic acids is 2. The van der Waals surface area contributed by atoms with Crippen molar-refractivity contribution in [1.29, 1.82) is 0 Å². The van der Waals surface area contributed by atoms with E-state index >= 15 is 0 Å². The van der Waals surface area contributed by atoms with Crippen LogP contribution in [0.2, 0.25) is 5.02 Å². The second kappa shape index (κ2) is 9.12. The van der Waals surface area contributed by atoms with E-state index in [9.17, 15) is 14.7 Å². The van der Waals surface area contributed by atoms with Gasteiger partial charge in [-0.25, -0.2) is 0 Å². The van der Waals surface area contributed by atoms with E-state index in [1.165, 1.54) is 0 Å². The molecule has 170 valence electrons. The van der Waals surface area contributed by atoms with Crippen molar-refractivity contribution in [3.63, 3.8) is 0 Å². The van der Waals surface area contributed by atoms with E-state index in [-0.39, 0.29) is 24.8 Å². The predicted molar refractivity (Wildman–Crippen MR) is 124 cm³/mol. The molecule has 0 spiro atoms. The summed E-state index contributed by atoms with van der Waals surface area (Å²) in [6, 6.07) is 12.3. The number of amides is 2. The molecular formula is C25H29ClN2O4. The quantitative estimate of drug-likeness (QED) is 0.710. The summed E-state index contributed by atoms with van der Waals surface area (Å²) in [5.41, 5.74) is 1.74. The molecular weight excluding hydrogens is 428 g/mol. The number of benzene rings is 2. The van der Waals surface area contributed by atoms with Crippen molar-refractivity contribution in [2.75, 3.05) is 19.0 Å². The summed E-state index contributed by atoms with van der Waals surface area (Å²) in [7, 11) is 1.61. The summed E-state index contributed by atoms with van der Waals surface area (Å²) in [4.78, 5) is 28.7. The zero-order valence-corrected chi connectivity index (χ0v) is 19.2. The van der Waals surface area contributed by atoms with Gasteiger partial charge in [-0.15, -0.1) is 0 Å². The standard InChI is InChI=1S/C25H29ClN2O4/c1-16-5-10-21(20(26)13-16)27-23(30)22-14-18(29)15-28(22)24(31)25(11-3-4-12-25)17-6-8-19(32-2)9-7-17/h5-10,13,18,22,29H,3-4,11-12,14-15H2,1-2H3,(H,27,30)/t18-,22+/m0/s1. The van der Waals surface area contributed by atoms with Gasteiger partial charge in [0.05, 0.1) is 29.3 Å². The van der Waals surface area contributed by atoms with Crippen molar-refractivity contribution < 1.29 is 19.4 Å². The highest BCUT2D eigenvalue weighted by Crippen LogP contribution is 2.44. The van der Waals surface area contributed by atoms with E-state index in [0.29, 0.717) is 10.7 Å². The Labute approximate surface area is 193 Å². The van der Waals surface area contributed by atoms with Crippen molar-refractivity contribution in [2.45, 2.75) is 56.6 Å². The maximum atomic E-state index is 13.9. The van der Waals surface area contributed by atoms with Crippen LogP contribution in [0.15, 0.2) is 42.5 Å². The first kappa shape index (κ1) is 22.6. The molecule has 1 aliphatic carbocycles. The van der Waals surface area contributed by atoms with E-state index in [1.807, 2.05) is 37.3 Å². The predicted octanol–water partition coefficient (Wildman–Crippen LogP) is 4.07. The van der Waals surface area contributed by atoms with Crippen molar-refractivity contribution in [3.8, 4) is 5.75 Å². The number of nitrogens with zero attached hydrogens (tertiary/aromatic N) is 1. The Morgan fingerprint density at radius 2 is 1.84 bits per heavy atom. The summed E-state index contributed by atoms with van der Waals surface area (Å²) in [5, 5.41) is 13.7. The van der Waals surface area contributed by atoms with Crippen molar-refractivity contribution in [3.05, 3.63) is 58.6 Å². The molecule has 32 heavy (non-hydrogen) atoms. The fraction of sp³-hybridized carbons (Fsp3) is 0.440. The third-order valence-corrected chi connectivity index (χ3v) is 7.05. The maximum Gasteiger partial charge on any atom is 0.247 e. The van der Waals surface area contributed by atoms with E-state index in [2.05, 4.69) is 5.32 Å². The summed E-state index contributed by atoms with van der Waals surface area (Å²) >= 11 is 6.28. The smallest absolute Gasteiger partial charge is 0.247 e. The van der Waals surface area contributed by atoms with Crippen LogP contribution in [0.4, 0.5) is 5.69 Å². The molecule has 4 rings (SSSR count). The van der Waals surface area contributed by atoms with Crippen LogP contribution in [-0.2, 0) is 15.0 Å². The zero-order valence-electron chi connectivity index (χ0n) is 18.4. The van der Waals surface area contributed by atoms with E-state index in [0.717, 1.165) is 42.6 Å². The molecule has 2 aromatic carbocycles. The number of aryl methyl sites for hydroxylation is 1. The highest BCUT2D eigenvalue weighted by molar-refractivity contribution is 6.33. The number of carbonyl (C=O) groups is 2. The zero-order chi connectivity index (χ0) is 22.9. The molecule has 1 saturated heterocycles. The molecule has 1 heterocycles. The fourth-order valence-electron chi connectivity index (χ4n) is 5.01. The number of likely N-dealkylation sites (tertiary alicyclic amines) is 1. The average Bonchev–Trinajstić information content (AvgIpc) is 3.43. The van der Waals surface area contributed by atoms with Crippen LogP contribution < -0.4 is 10.1 Å². The second-order valence-corrected chi connectivity index (χ2v) is 9.26. The second-order valence-electron chi connectivity index (χ2n) is 8.85. The number of methoxy groups -OCH3 is 1. The normalized spacial score (nSPS) is 22.1. The first-order valence-corrected chi connectivity index (χ1v) is 11.4. The van der Waals surface area contributed by atoms with Gasteiger partial charge in [0.25, 0.3) is 0 Å². The topological polar surface area (TPSA) is 78.9 Å². The number of hydrogen-bond donors (Lipinski definition) is 2. The van der Waals surface area contributed by atoms with Crippen LogP contribution in [0.3, 0.4) is 0 Å². The van der Waals surface area contributed by atoms with Gasteiger partial charge in [-0.1, -0.05) is 42.6 Å². The molecule has 0 unspecified atom stereocenters. The Bertz CT molecular complexity index is 1000. The summed E-state index contributed by atoms with van der Waals surface area (Å²) in [6.45, 7) is 2.07. The molecule has 2 fully saturated rings. The third kappa shape index (κ3) is 4.21. The van der Waals surface area contributed by atoms with Crippen LogP contribution >= 0.6 is 11.6 Å². The van der Waals surface area contributed by atoms with Gasteiger partial charge in [0.1, 0.15) is 11.8 Å². The van der Waals surface area contributed by atoms with Crippen molar-refractivity contribution in [2.24, 2.45) is 0 Å². The first-order valence-electron chi connectivity index (χ1n) is 11.0. The molecule has 2 N–H and O–H groups in total. The molecule has 2 aliphatic rings. The molecule has 2 amide bonds. The Hall–Kier alpha value is -2.57. The Balaban J connectivity index is 1.60. The molecule has 0 bridgehead atoms. The molecule has 2 aromatic rings. The highest BCUT2D eigenvalue weighted by atomic mass is 35.5. The van der Waals surface area contributed by atoms with E-state index < -0.39 is 17.6 Å². The number of hydrogen-bond acceptors (Lipinski definition) is 4. The number of aliphatic hydroxyl groups excluding tert-OH is 1. The van der Waals surface area contributed by atoms with Gasteiger partial charge >= 0.3 is 0 Å². The molecule has 0 aromatic heterocycles.